The summed E-state index contributed by atoms with van der Waals surface area (Å²) in [5.41, 5.74) is 0. The molecule has 1 saturated heterocycles. The maximum Gasteiger partial charge on any atom is 0.551 e. The lowest BCUT2D eigenvalue weighted by Gasteiger charge is -2.24. The molecule has 1 heterocycles. The molecule has 5 heteroatoms. The normalized spacial score (nSPS) is 19.1. The van der Waals surface area contributed by atoms with Crippen LogP contribution in [0.4, 0.5) is 13.3 Å². The molecule has 1 fully saturated rings. The molecule has 0 atom stereocenters. The fraction of sp³-hybridized carbons (Fsp3) is 1.00. The Morgan fingerprint density at radius 1 is 1.09 bits per heavy atom. The third-order valence-corrected chi connectivity index (χ3v) is 1.84. The van der Waals surface area contributed by atoms with E-state index in [1.54, 1.807) is 0 Å². The Morgan fingerprint density at radius 3 is 2.09 bits per heavy atom. The molecular weight excluding hydrogens is 154 g/mol. The highest BCUT2D eigenvalue weighted by Crippen LogP contribution is 2.08. The summed E-state index contributed by atoms with van der Waals surface area (Å²) in [6.07, 6.45) is 3.36. The Kier molecular flexibility index (Phi) is 5.37. The minimum absolute atomic E-state index is 0. The maximum atomic E-state index is 11.8. The van der Waals surface area contributed by atoms with Crippen molar-refractivity contribution in [3.05, 3.63) is 0 Å². The predicted molar refractivity (Wildman–Crippen MR) is 40.8 cm³/mol. The van der Waals surface area contributed by atoms with E-state index in [9.17, 15) is 8.63 Å². The van der Waals surface area contributed by atoms with Gasteiger partial charge in [-0.25, -0.2) is 0 Å². The summed E-state index contributed by atoms with van der Waals surface area (Å²) in [5, 5.41) is 0. The van der Waals surface area contributed by atoms with Crippen molar-refractivity contribution in [3.8, 4) is 0 Å². The Labute approximate surface area is 65.3 Å². The van der Waals surface area contributed by atoms with Crippen LogP contribution < -0.4 is 0 Å². The fourth-order valence-corrected chi connectivity index (χ4v) is 1.34. The first-order valence-electron chi connectivity index (χ1n) is 3.79. The highest BCUT2D eigenvalue weighted by Gasteiger charge is 2.19. The third kappa shape index (κ3) is 4.29. The molecule has 0 aliphatic carbocycles. The van der Waals surface area contributed by atoms with Crippen LogP contribution in [0, 0.1) is 0 Å². The topological polar surface area (TPSA) is 3.24 Å². The molecule has 1 aliphatic rings. The summed E-state index contributed by atoms with van der Waals surface area (Å²) in [5.74, 6) is 0. The van der Waals surface area contributed by atoms with Gasteiger partial charge in [0, 0.05) is 6.44 Å². The van der Waals surface area contributed by atoms with Crippen LogP contribution in [-0.2, 0) is 0 Å². The van der Waals surface area contributed by atoms with E-state index in [1.807, 2.05) is 4.90 Å². The van der Waals surface area contributed by atoms with Crippen molar-refractivity contribution < 1.29 is 13.3 Å². The maximum absolute atomic E-state index is 11.8. The SMILES string of the molecule is F.FB(F)CN1CCCCC1. The van der Waals surface area contributed by atoms with Gasteiger partial charge in [-0.3, -0.25) is 13.3 Å². The number of nitrogens with zero attached hydrogens (tertiary/aromatic N) is 1. The van der Waals surface area contributed by atoms with Gasteiger partial charge >= 0.3 is 7.27 Å². The van der Waals surface area contributed by atoms with E-state index < -0.39 is 7.27 Å². The van der Waals surface area contributed by atoms with Crippen LogP contribution in [0.25, 0.3) is 0 Å². The van der Waals surface area contributed by atoms with Crippen molar-refractivity contribution in [2.45, 2.75) is 19.3 Å². The molecule has 0 amide bonds. The summed E-state index contributed by atoms with van der Waals surface area (Å²) in [6, 6.07) is 0. The van der Waals surface area contributed by atoms with E-state index in [1.165, 1.54) is 6.42 Å². The zero-order valence-corrected chi connectivity index (χ0v) is 6.43. The first kappa shape index (κ1) is 10.8. The van der Waals surface area contributed by atoms with Crippen LogP contribution in [0.2, 0.25) is 0 Å². The molecular formula is C6H13BF3N. The minimum Gasteiger partial charge on any atom is -0.305 e. The summed E-state index contributed by atoms with van der Waals surface area (Å²) < 4.78 is 23.6. The predicted octanol–water partition coefficient (Wildman–Crippen LogP) is 1.59. The van der Waals surface area contributed by atoms with Crippen molar-refractivity contribution in [2.24, 2.45) is 0 Å². The number of piperidine rings is 1. The van der Waals surface area contributed by atoms with E-state index in [2.05, 4.69) is 0 Å². The lowest BCUT2D eigenvalue weighted by molar-refractivity contribution is 0.252. The molecule has 0 bridgehead atoms. The molecule has 0 saturated carbocycles. The van der Waals surface area contributed by atoms with Gasteiger partial charge in [0.1, 0.15) is 0 Å². The Morgan fingerprint density at radius 2 is 1.64 bits per heavy atom. The second-order valence-corrected chi connectivity index (χ2v) is 2.75. The third-order valence-electron chi connectivity index (χ3n) is 1.84. The molecule has 0 radical (unpaired) electrons. The summed E-state index contributed by atoms with van der Waals surface area (Å²) in [6.45, 7) is 1.73. The van der Waals surface area contributed by atoms with E-state index in [4.69, 9.17) is 0 Å². The Hall–Kier alpha value is -0.185. The van der Waals surface area contributed by atoms with Gasteiger partial charge < -0.3 is 4.90 Å². The lowest BCUT2D eigenvalue weighted by atomic mass is 9.97. The number of halogens is 3. The van der Waals surface area contributed by atoms with Crippen molar-refractivity contribution in [3.63, 3.8) is 0 Å². The smallest absolute Gasteiger partial charge is 0.305 e. The van der Waals surface area contributed by atoms with Crippen molar-refractivity contribution in [2.75, 3.05) is 19.5 Å². The molecule has 0 unspecified atom stereocenters. The highest BCUT2D eigenvalue weighted by molar-refractivity contribution is 6.42. The summed E-state index contributed by atoms with van der Waals surface area (Å²) in [4.78, 5) is 1.84. The first-order chi connectivity index (χ1) is 4.79. The fourth-order valence-electron chi connectivity index (χ4n) is 1.34. The van der Waals surface area contributed by atoms with Crippen LogP contribution in [0.1, 0.15) is 19.3 Å². The molecule has 0 aromatic carbocycles. The zero-order valence-electron chi connectivity index (χ0n) is 6.43. The van der Waals surface area contributed by atoms with Gasteiger partial charge in [0.25, 0.3) is 0 Å². The number of hydrogen-bond donors (Lipinski definition) is 0. The Bertz CT molecular complexity index is 95.8. The molecule has 1 nitrogen and oxygen atoms in total. The standard InChI is InChI=1S/C6H12BF2N.FH/c8-7(9)6-10-4-2-1-3-5-10;/h1-6H2;1H. The lowest BCUT2D eigenvalue weighted by Crippen LogP contribution is -2.35. The van der Waals surface area contributed by atoms with E-state index in [0.717, 1.165) is 25.9 Å². The van der Waals surface area contributed by atoms with Gasteiger partial charge in [-0.1, -0.05) is 6.42 Å². The summed E-state index contributed by atoms with van der Waals surface area (Å²) in [7, 11) is -2.15. The van der Waals surface area contributed by atoms with Crippen LogP contribution in [-0.4, -0.2) is 31.7 Å². The largest absolute Gasteiger partial charge is 0.551 e. The molecule has 0 aromatic rings. The van der Waals surface area contributed by atoms with Gasteiger partial charge in [-0.2, -0.15) is 0 Å². The van der Waals surface area contributed by atoms with Crippen LogP contribution in [0.5, 0.6) is 0 Å². The van der Waals surface area contributed by atoms with Crippen molar-refractivity contribution in [1.82, 2.24) is 4.90 Å². The molecule has 1 aliphatic heterocycles. The average Bonchev–Trinajstić information content (AvgIpc) is 1.88. The molecule has 1 rings (SSSR count). The average molecular weight is 167 g/mol. The summed E-state index contributed by atoms with van der Waals surface area (Å²) >= 11 is 0. The molecule has 0 spiro atoms. The molecule has 11 heavy (non-hydrogen) atoms. The number of hydrogen-bond acceptors (Lipinski definition) is 1. The van der Waals surface area contributed by atoms with E-state index in [-0.39, 0.29) is 11.1 Å². The first-order valence-corrected chi connectivity index (χ1v) is 3.79. The van der Waals surface area contributed by atoms with Crippen molar-refractivity contribution >= 4 is 7.27 Å². The highest BCUT2D eigenvalue weighted by atomic mass is 19.2. The van der Waals surface area contributed by atoms with Crippen LogP contribution in [0.3, 0.4) is 0 Å². The van der Waals surface area contributed by atoms with Gasteiger partial charge in [-0.15, -0.1) is 0 Å². The van der Waals surface area contributed by atoms with E-state index >= 15 is 0 Å². The van der Waals surface area contributed by atoms with Gasteiger partial charge in [0.05, 0.1) is 0 Å². The molecule has 66 valence electrons. The molecule has 0 N–H and O–H groups in total. The number of likely N-dealkylation sites (tertiary alicyclic amines) is 1. The van der Waals surface area contributed by atoms with Gasteiger partial charge in [-0.05, 0) is 25.9 Å². The van der Waals surface area contributed by atoms with Crippen LogP contribution in [0.15, 0.2) is 0 Å². The van der Waals surface area contributed by atoms with Gasteiger partial charge in [0.2, 0.25) is 0 Å². The second-order valence-electron chi connectivity index (χ2n) is 2.75. The molecule has 0 aromatic heterocycles. The number of rotatable bonds is 2. The minimum atomic E-state index is -2.15. The Balaban J connectivity index is 0.000001000. The second kappa shape index (κ2) is 5.46. The van der Waals surface area contributed by atoms with E-state index in [0.29, 0.717) is 0 Å². The zero-order chi connectivity index (χ0) is 7.40. The monoisotopic (exact) mass is 167 g/mol. The quantitative estimate of drug-likeness (QED) is 0.564. The van der Waals surface area contributed by atoms with Crippen molar-refractivity contribution in [1.29, 1.82) is 0 Å². The van der Waals surface area contributed by atoms with Crippen LogP contribution >= 0.6 is 0 Å². The van der Waals surface area contributed by atoms with Gasteiger partial charge in [0.15, 0.2) is 0 Å².